The summed E-state index contributed by atoms with van der Waals surface area (Å²) in [4.78, 5) is 28.9. The summed E-state index contributed by atoms with van der Waals surface area (Å²) >= 11 is 12.5. The molecule has 0 saturated carbocycles. The molecule has 5 rings (SSSR count). The molecule has 0 unspecified atom stereocenters. The van der Waals surface area contributed by atoms with Crippen molar-refractivity contribution in [1.82, 2.24) is 4.90 Å². The van der Waals surface area contributed by atoms with Crippen molar-refractivity contribution >= 4 is 40.9 Å². The third kappa shape index (κ3) is 2.62. The average molecular weight is 480 g/mol. The zero-order valence-electron chi connectivity index (χ0n) is 17.8. The largest absolute Gasteiger partial charge is 0.465 e. The minimum absolute atomic E-state index is 0.148. The number of amides is 2. The average Bonchev–Trinajstić information content (AvgIpc) is 3.25. The van der Waals surface area contributed by atoms with Crippen molar-refractivity contribution in [1.29, 1.82) is 5.26 Å². The molecule has 0 radical (unpaired) electrons. The summed E-state index contributed by atoms with van der Waals surface area (Å²) in [5.74, 6) is -1.01. The number of anilines is 1. The molecule has 1 spiro atoms. The first-order chi connectivity index (χ1) is 15.1. The fraction of sp³-hybridized carbons (Fsp3) is 0.591. The van der Waals surface area contributed by atoms with Gasteiger partial charge in [-0.1, -0.05) is 23.2 Å². The maximum atomic E-state index is 13.9. The Hall–Kier alpha value is -2.05. The second-order valence-electron chi connectivity index (χ2n) is 9.47. The molecule has 2 amide bonds. The van der Waals surface area contributed by atoms with Crippen molar-refractivity contribution in [3.63, 3.8) is 0 Å². The number of ether oxygens (including phenoxy) is 2. The quantitative estimate of drug-likeness (QED) is 0.705. The van der Waals surface area contributed by atoms with Gasteiger partial charge in [0.1, 0.15) is 12.3 Å². The lowest BCUT2D eigenvalue weighted by molar-refractivity contribution is -0.141. The third-order valence-corrected chi connectivity index (χ3v) is 8.21. The summed E-state index contributed by atoms with van der Waals surface area (Å²) in [7, 11) is 0. The molecule has 4 aliphatic rings. The minimum atomic E-state index is -1.02. The van der Waals surface area contributed by atoms with Crippen LogP contribution in [0.15, 0.2) is 12.1 Å². The van der Waals surface area contributed by atoms with Gasteiger partial charge in [0, 0.05) is 30.5 Å². The number of nitriles is 1. The van der Waals surface area contributed by atoms with Crippen molar-refractivity contribution in [2.24, 2.45) is 11.8 Å². The van der Waals surface area contributed by atoms with Crippen LogP contribution >= 0.6 is 23.2 Å². The molecule has 1 aromatic rings. The molecule has 32 heavy (non-hydrogen) atoms. The summed E-state index contributed by atoms with van der Waals surface area (Å²) in [5.41, 5.74) is -1.01. The van der Waals surface area contributed by atoms with Crippen molar-refractivity contribution in [3.05, 3.63) is 27.7 Å². The van der Waals surface area contributed by atoms with Crippen LogP contribution in [-0.4, -0.2) is 58.1 Å². The van der Waals surface area contributed by atoms with Gasteiger partial charge in [0.15, 0.2) is 0 Å². The second-order valence-corrected chi connectivity index (χ2v) is 10.3. The molecule has 4 aliphatic heterocycles. The van der Waals surface area contributed by atoms with Gasteiger partial charge in [-0.15, -0.1) is 0 Å². The van der Waals surface area contributed by atoms with E-state index in [9.17, 15) is 20.0 Å². The van der Waals surface area contributed by atoms with E-state index in [4.69, 9.17) is 32.7 Å². The van der Waals surface area contributed by atoms with Gasteiger partial charge in [-0.05, 0) is 32.9 Å². The first-order valence-electron chi connectivity index (χ1n) is 10.6. The summed E-state index contributed by atoms with van der Waals surface area (Å²) in [6, 6.07) is 4.36. The number of hydrogen-bond acceptors (Lipinski definition) is 5. The summed E-state index contributed by atoms with van der Waals surface area (Å²) < 4.78 is 12.7. The Balaban J connectivity index is 1.60. The van der Waals surface area contributed by atoms with E-state index in [0.717, 1.165) is 0 Å². The molecule has 170 valence electrons. The van der Waals surface area contributed by atoms with Crippen LogP contribution in [0.2, 0.25) is 10.0 Å². The van der Waals surface area contributed by atoms with Gasteiger partial charge < -0.3 is 14.6 Å². The molecule has 4 fully saturated rings. The zero-order valence-corrected chi connectivity index (χ0v) is 19.4. The maximum Gasteiger partial charge on any atom is 0.407 e. The van der Waals surface area contributed by atoms with Crippen LogP contribution in [0.4, 0.5) is 10.5 Å². The number of benzene rings is 1. The van der Waals surface area contributed by atoms with Gasteiger partial charge in [0.25, 0.3) is 0 Å². The molecular weight excluding hydrogens is 457 g/mol. The third-order valence-electron chi connectivity index (χ3n) is 7.62. The highest BCUT2D eigenvalue weighted by molar-refractivity contribution is 6.37. The second kappa shape index (κ2) is 6.97. The fourth-order valence-electron chi connectivity index (χ4n) is 6.49. The first kappa shape index (κ1) is 21.8. The normalized spacial score (nSPS) is 37.0. The lowest BCUT2D eigenvalue weighted by atomic mass is 9.63. The highest BCUT2D eigenvalue weighted by Crippen LogP contribution is 2.66. The predicted octanol–water partition coefficient (Wildman–Crippen LogP) is 3.88. The number of carbonyl (C=O) groups is 2. The van der Waals surface area contributed by atoms with E-state index in [1.165, 1.54) is 4.90 Å². The summed E-state index contributed by atoms with van der Waals surface area (Å²) in [5, 5.41) is 19.5. The van der Waals surface area contributed by atoms with E-state index in [1.807, 2.05) is 26.8 Å². The van der Waals surface area contributed by atoms with E-state index in [2.05, 4.69) is 0 Å². The van der Waals surface area contributed by atoms with E-state index < -0.39 is 35.5 Å². The topological polar surface area (TPSA) is 103 Å². The SMILES string of the molecule is CC(C)N(C(=O)O)[C@@H]1C[C@@]23CCO[C@H]4[C@@H]2[C@H](C(=O)N4c2cc(Cl)c(C#N)c(Cl)c2)[C@]1(C)O3. The van der Waals surface area contributed by atoms with E-state index in [-0.39, 0.29) is 33.5 Å². The Kier molecular flexibility index (Phi) is 4.75. The Morgan fingerprint density at radius 3 is 2.59 bits per heavy atom. The van der Waals surface area contributed by atoms with E-state index >= 15 is 0 Å². The molecule has 2 bridgehead atoms. The van der Waals surface area contributed by atoms with Crippen LogP contribution < -0.4 is 4.90 Å². The standard InChI is InChI=1S/C22H23Cl2N3O5/c1-10(2)26(20(29)30)15-8-22-4-5-31-19-17(22)16(21(15,3)32-22)18(28)27(19)11-6-13(23)12(9-25)14(24)7-11/h6-7,10,15-17,19H,4-5,8H2,1-3H3,(H,29,30)/t15-,16-,17+,19+,21-,22+/m1/s1. The number of carboxylic acid groups (broad SMARTS) is 1. The number of halogens is 2. The Labute approximate surface area is 195 Å². The molecular formula is C22H23Cl2N3O5. The molecule has 10 heteroatoms. The molecule has 1 aromatic carbocycles. The molecule has 1 N–H and O–H groups in total. The van der Waals surface area contributed by atoms with Crippen LogP contribution in [-0.2, 0) is 14.3 Å². The lowest BCUT2D eigenvalue weighted by Crippen LogP contribution is -2.60. The minimum Gasteiger partial charge on any atom is -0.465 e. The smallest absolute Gasteiger partial charge is 0.407 e. The lowest BCUT2D eigenvalue weighted by Gasteiger charge is -2.45. The zero-order chi connectivity index (χ0) is 23.2. The molecule has 6 atom stereocenters. The number of carbonyl (C=O) groups excluding carboxylic acids is 1. The highest BCUT2D eigenvalue weighted by Gasteiger charge is 2.79. The molecule has 0 aliphatic carbocycles. The van der Waals surface area contributed by atoms with Crippen LogP contribution in [0, 0.1) is 23.2 Å². The maximum absolute atomic E-state index is 13.9. The van der Waals surface area contributed by atoms with Gasteiger partial charge in [0.2, 0.25) is 5.91 Å². The van der Waals surface area contributed by atoms with E-state index in [1.54, 1.807) is 17.0 Å². The Morgan fingerprint density at radius 2 is 2.03 bits per heavy atom. The molecule has 0 aromatic heterocycles. The number of hydrogen-bond donors (Lipinski definition) is 1. The van der Waals surface area contributed by atoms with Gasteiger partial charge in [-0.3, -0.25) is 14.6 Å². The Bertz CT molecular complexity index is 1050. The summed E-state index contributed by atoms with van der Waals surface area (Å²) in [6.07, 6.45) is -0.475. The van der Waals surface area contributed by atoms with Gasteiger partial charge in [-0.2, -0.15) is 5.26 Å². The van der Waals surface area contributed by atoms with Crippen molar-refractivity contribution in [2.75, 3.05) is 11.5 Å². The molecule has 4 saturated heterocycles. The number of rotatable bonds is 3. The predicted molar refractivity (Wildman–Crippen MR) is 116 cm³/mol. The van der Waals surface area contributed by atoms with Crippen molar-refractivity contribution in [3.8, 4) is 6.07 Å². The van der Waals surface area contributed by atoms with Crippen LogP contribution in [0.1, 0.15) is 39.2 Å². The van der Waals surface area contributed by atoms with Crippen LogP contribution in [0.3, 0.4) is 0 Å². The molecule has 8 nitrogen and oxygen atoms in total. The van der Waals surface area contributed by atoms with Gasteiger partial charge in [0.05, 0.1) is 45.4 Å². The monoisotopic (exact) mass is 479 g/mol. The van der Waals surface area contributed by atoms with Gasteiger partial charge >= 0.3 is 6.09 Å². The van der Waals surface area contributed by atoms with Gasteiger partial charge in [-0.25, -0.2) is 4.79 Å². The Morgan fingerprint density at radius 1 is 1.38 bits per heavy atom. The summed E-state index contributed by atoms with van der Waals surface area (Å²) in [6.45, 7) is 5.89. The fourth-order valence-corrected chi connectivity index (χ4v) is 7.05. The van der Waals surface area contributed by atoms with Crippen LogP contribution in [0.5, 0.6) is 0 Å². The van der Waals surface area contributed by atoms with E-state index in [0.29, 0.717) is 25.1 Å². The van der Waals surface area contributed by atoms with Crippen LogP contribution in [0.25, 0.3) is 0 Å². The van der Waals surface area contributed by atoms with Crippen molar-refractivity contribution in [2.45, 2.75) is 63.1 Å². The number of fused-ring (bicyclic) bond motifs is 2. The highest BCUT2D eigenvalue weighted by atomic mass is 35.5. The number of nitrogens with zero attached hydrogens (tertiary/aromatic N) is 3. The first-order valence-corrected chi connectivity index (χ1v) is 11.4. The molecule has 4 heterocycles. The van der Waals surface area contributed by atoms with Crippen molar-refractivity contribution < 1.29 is 24.2 Å².